The smallest absolute Gasteiger partial charge is 0.237 e. The van der Waals surface area contributed by atoms with Gasteiger partial charge in [-0.15, -0.1) is 22.7 Å². The second-order valence-electron chi connectivity index (χ2n) is 5.95. The quantitative estimate of drug-likeness (QED) is 0.667. The lowest BCUT2D eigenvalue weighted by Crippen LogP contribution is -2.37. The van der Waals surface area contributed by atoms with Gasteiger partial charge in [-0.2, -0.15) is 0 Å². The number of thiazole rings is 1. The summed E-state index contributed by atoms with van der Waals surface area (Å²) in [5.74, 6) is 0.112. The van der Waals surface area contributed by atoms with Gasteiger partial charge in [0.25, 0.3) is 0 Å². The number of carbonyl (C=O) groups excluding carboxylic acids is 1. The average molecular weight is 360 g/mol. The zero-order valence-corrected chi connectivity index (χ0v) is 15.7. The summed E-state index contributed by atoms with van der Waals surface area (Å²) < 4.78 is 1.16. The maximum Gasteiger partial charge on any atom is 0.237 e. The number of likely N-dealkylation sites (N-methyl/N-ethyl adjacent to an activating group) is 2. The number of thiophene rings is 1. The van der Waals surface area contributed by atoms with Crippen molar-refractivity contribution in [3.63, 3.8) is 0 Å². The number of rotatable bonds is 6. The zero-order chi connectivity index (χ0) is 17.1. The Morgan fingerprint density at radius 2 is 2.00 bits per heavy atom. The van der Waals surface area contributed by atoms with E-state index in [9.17, 15) is 4.79 Å². The van der Waals surface area contributed by atoms with Crippen molar-refractivity contribution >= 4 is 38.8 Å². The van der Waals surface area contributed by atoms with Gasteiger partial charge >= 0.3 is 0 Å². The van der Waals surface area contributed by atoms with Crippen LogP contribution in [0.5, 0.6) is 0 Å². The van der Waals surface area contributed by atoms with Crippen LogP contribution in [-0.2, 0) is 11.3 Å². The molecule has 0 bridgehead atoms. The number of nitrogens with zero attached hydrogens (tertiary/aromatic N) is 3. The molecule has 0 saturated carbocycles. The van der Waals surface area contributed by atoms with Gasteiger partial charge in [0, 0.05) is 18.5 Å². The summed E-state index contributed by atoms with van der Waals surface area (Å²) >= 11 is 3.37. The van der Waals surface area contributed by atoms with Crippen molar-refractivity contribution < 1.29 is 4.79 Å². The predicted octanol–water partition coefficient (Wildman–Crippen LogP) is 4.01. The Kier molecular flexibility index (Phi) is 5.28. The van der Waals surface area contributed by atoms with E-state index in [2.05, 4.69) is 27.4 Å². The fourth-order valence-electron chi connectivity index (χ4n) is 2.52. The van der Waals surface area contributed by atoms with Crippen LogP contribution in [0.25, 0.3) is 10.2 Å². The molecule has 1 aromatic carbocycles. The summed E-state index contributed by atoms with van der Waals surface area (Å²) in [4.78, 5) is 22.4. The van der Waals surface area contributed by atoms with Gasteiger partial charge in [-0.25, -0.2) is 4.98 Å². The van der Waals surface area contributed by atoms with Crippen LogP contribution in [0.2, 0.25) is 0 Å². The number of para-hydroxylation sites is 1. The molecule has 1 atom stereocenters. The number of benzene rings is 1. The van der Waals surface area contributed by atoms with E-state index < -0.39 is 0 Å². The lowest BCUT2D eigenvalue weighted by Gasteiger charge is -2.25. The Morgan fingerprint density at radius 3 is 2.71 bits per heavy atom. The summed E-state index contributed by atoms with van der Waals surface area (Å²) in [5.41, 5.74) is 1.00. The van der Waals surface area contributed by atoms with Gasteiger partial charge in [0.2, 0.25) is 5.91 Å². The number of hydrogen-bond donors (Lipinski definition) is 0. The molecule has 0 N–H and O–H groups in total. The van der Waals surface area contributed by atoms with Gasteiger partial charge in [-0.1, -0.05) is 18.2 Å². The maximum atomic E-state index is 12.6. The second kappa shape index (κ2) is 7.42. The van der Waals surface area contributed by atoms with Crippen LogP contribution in [0.4, 0.5) is 0 Å². The minimum Gasteiger partial charge on any atom is -0.335 e. The van der Waals surface area contributed by atoms with Crippen molar-refractivity contribution in [2.24, 2.45) is 0 Å². The fourth-order valence-corrected chi connectivity index (χ4v) is 4.36. The first kappa shape index (κ1) is 17.1. The van der Waals surface area contributed by atoms with Gasteiger partial charge in [0.1, 0.15) is 5.01 Å². The maximum absolute atomic E-state index is 12.6. The van der Waals surface area contributed by atoms with Gasteiger partial charge < -0.3 is 4.90 Å². The van der Waals surface area contributed by atoms with Crippen LogP contribution in [0.1, 0.15) is 22.9 Å². The molecule has 24 heavy (non-hydrogen) atoms. The zero-order valence-electron chi connectivity index (χ0n) is 14.1. The van der Waals surface area contributed by atoms with Crippen LogP contribution in [0.15, 0.2) is 41.8 Å². The minimum atomic E-state index is -0.0231. The Labute approximate surface area is 150 Å². The number of amides is 1. The highest BCUT2D eigenvalue weighted by atomic mass is 32.1. The highest BCUT2D eigenvalue weighted by Gasteiger charge is 2.21. The Bertz CT molecular complexity index is 780. The topological polar surface area (TPSA) is 36.4 Å². The van der Waals surface area contributed by atoms with Crippen LogP contribution >= 0.6 is 22.7 Å². The Balaban J connectivity index is 1.63. The molecule has 0 fully saturated rings. The summed E-state index contributed by atoms with van der Waals surface area (Å²) in [5, 5.41) is 3.04. The molecule has 1 amide bonds. The lowest BCUT2D eigenvalue weighted by molar-refractivity contribution is -0.132. The van der Waals surface area contributed by atoms with Crippen molar-refractivity contribution in [2.75, 3.05) is 20.6 Å². The molecule has 2 heterocycles. The van der Waals surface area contributed by atoms with Gasteiger partial charge in [0.05, 0.1) is 22.8 Å². The van der Waals surface area contributed by atoms with E-state index in [0.717, 1.165) is 21.8 Å². The second-order valence-corrected chi connectivity index (χ2v) is 8.05. The summed E-state index contributed by atoms with van der Waals surface area (Å²) in [7, 11) is 3.84. The highest BCUT2D eigenvalue weighted by molar-refractivity contribution is 7.18. The van der Waals surface area contributed by atoms with Gasteiger partial charge in [-0.3, -0.25) is 9.69 Å². The number of hydrogen-bond acceptors (Lipinski definition) is 5. The first-order valence-corrected chi connectivity index (χ1v) is 9.56. The van der Waals surface area contributed by atoms with E-state index in [1.807, 2.05) is 45.3 Å². The van der Waals surface area contributed by atoms with Crippen molar-refractivity contribution in [3.05, 3.63) is 51.7 Å². The summed E-state index contributed by atoms with van der Waals surface area (Å²) in [6.07, 6.45) is 0. The molecular weight excluding hydrogens is 338 g/mol. The summed E-state index contributed by atoms with van der Waals surface area (Å²) in [6, 6.07) is 12.2. The highest BCUT2D eigenvalue weighted by Crippen LogP contribution is 2.28. The molecule has 126 valence electrons. The van der Waals surface area contributed by atoms with Crippen molar-refractivity contribution in [2.45, 2.75) is 19.5 Å². The van der Waals surface area contributed by atoms with Crippen molar-refractivity contribution in [3.8, 4) is 0 Å². The van der Waals surface area contributed by atoms with E-state index in [0.29, 0.717) is 6.54 Å². The third kappa shape index (κ3) is 3.83. The molecule has 0 spiro atoms. The molecule has 3 aromatic rings. The van der Waals surface area contributed by atoms with Gasteiger partial charge in [-0.05, 0) is 37.6 Å². The average Bonchev–Trinajstić information content (AvgIpc) is 3.22. The van der Waals surface area contributed by atoms with E-state index >= 15 is 0 Å². The van der Waals surface area contributed by atoms with E-state index in [1.54, 1.807) is 27.6 Å². The van der Waals surface area contributed by atoms with E-state index in [-0.39, 0.29) is 11.9 Å². The molecule has 0 radical (unpaired) electrons. The molecule has 4 nitrogen and oxygen atoms in total. The fraction of sp³-hybridized carbons (Fsp3) is 0.333. The Hall–Kier alpha value is -1.76. The summed E-state index contributed by atoms with van der Waals surface area (Å²) in [6.45, 7) is 3.24. The first-order chi connectivity index (χ1) is 11.5. The van der Waals surface area contributed by atoms with Crippen LogP contribution in [-0.4, -0.2) is 41.3 Å². The normalized spacial score (nSPS) is 12.7. The van der Waals surface area contributed by atoms with Gasteiger partial charge in [0.15, 0.2) is 0 Å². The molecule has 6 heteroatoms. The van der Waals surface area contributed by atoms with E-state index in [4.69, 9.17) is 0 Å². The molecule has 0 aliphatic heterocycles. The monoisotopic (exact) mass is 359 g/mol. The lowest BCUT2D eigenvalue weighted by atomic mass is 10.3. The SMILES string of the molecule is C[C@@H](c1nc2ccccc2s1)N(C)C(=O)CN(C)Cc1cccs1. The molecule has 0 saturated heterocycles. The number of fused-ring (bicyclic) bond motifs is 1. The molecule has 0 aliphatic carbocycles. The predicted molar refractivity (Wildman–Crippen MR) is 101 cm³/mol. The third-order valence-corrected chi connectivity index (χ3v) is 6.12. The molecule has 0 aliphatic rings. The van der Waals surface area contributed by atoms with Crippen LogP contribution in [0, 0.1) is 0 Å². The van der Waals surface area contributed by atoms with E-state index in [1.165, 1.54) is 4.88 Å². The third-order valence-electron chi connectivity index (χ3n) is 4.05. The standard InChI is InChI=1S/C18H21N3OS2/c1-13(18-19-15-8-4-5-9-16(15)24-18)21(3)17(22)12-20(2)11-14-7-6-10-23-14/h4-10,13H,11-12H2,1-3H3/t13-/m0/s1. The van der Waals surface area contributed by atoms with Crippen LogP contribution in [0.3, 0.4) is 0 Å². The van der Waals surface area contributed by atoms with Crippen molar-refractivity contribution in [1.82, 2.24) is 14.8 Å². The number of carbonyl (C=O) groups is 1. The molecule has 0 unspecified atom stereocenters. The molecule has 2 aromatic heterocycles. The first-order valence-electron chi connectivity index (χ1n) is 7.86. The molecular formula is C18H21N3OS2. The minimum absolute atomic E-state index is 0.0231. The van der Waals surface area contributed by atoms with Crippen molar-refractivity contribution in [1.29, 1.82) is 0 Å². The Morgan fingerprint density at radius 1 is 1.21 bits per heavy atom. The molecule has 3 rings (SSSR count). The largest absolute Gasteiger partial charge is 0.335 e. The number of aromatic nitrogens is 1. The van der Waals surface area contributed by atoms with Crippen LogP contribution < -0.4 is 0 Å².